The molecule has 0 atom stereocenters. The lowest BCUT2D eigenvalue weighted by Gasteiger charge is -2.27. The first-order valence-electron chi connectivity index (χ1n) is 6.98. The van der Waals surface area contributed by atoms with Crippen LogP contribution in [0.4, 0.5) is 4.39 Å². The smallest absolute Gasteiger partial charge is 0.124 e. The molecule has 3 N–H and O–H groups in total. The van der Waals surface area contributed by atoms with E-state index in [0.29, 0.717) is 11.6 Å². The number of nitrogens with two attached hydrogens (primary N) is 1. The third-order valence-corrected chi connectivity index (χ3v) is 3.90. The van der Waals surface area contributed by atoms with E-state index in [-0.39, 0.29) is 11.7 Å². The van der Waals surface area contributed by atoms with Crippen LogP contribution in [-0.2, 0) is 6.54 Å². The van der Waals surface area contributed by atoms with Crippen LogP contribution >= 0.6 is 0 Å². The molecule has 2 rings (SSSR count). The van der Waals surface area contributed by atoms with E-state index in [0.717, 1.165) is 18.7 Å². The highest BCUT2D eigenvalue weighted by atomic mass is 19.1. The number of hydrogen-bond acceptors (Lipinski definition) is 2. The Morgan fingerprint density at radius 3 is 2.63 bits per heavy atom. The third kappa shape index (κ3) is 3.53. The van der Waals surface area contributed by atoms with Crippen LogP contribution in [0, 0.1) is 11.2 Å². The first-order valence-corrected chi connectivity index (χ1v) is 6.98. The SMILES string of the molecule is CCN(Cc1cc(F)cc(C(=N)N)c1)C1CCCC1. The molecule has 4 heteroatoms. The van der Waals surface area contributed by atoms with Crippen molar-refractivity contribution in [2.75, 3.05) is 6.54 Å². The van der Waals surface area contributed by atoms with Gasteiger partial charge in [0.1, 0.15) is 11.7 Å². The van der Waals surface area contributed by atoms with Gasteiger partial charge >= 0.3 is 0 Å². The van der Waals surface area contributed by atoms with E-state index in [2.05, 4.69) is 11.8 Å². The summed E-state index contributed by atoms with van der Waals surface area (Å²) in [6, 6.07) is 5.30. The van der Waals surface area contributed by atoms with Gasteiger partial charge in [-0.2, -0.15) is 0 Å². The van der Waals surface area contributed by atoms with Gasteiger partial charge in [-0.1, -0.05) is 19.8 Å². The molecule has 0 heterocycles. The van der Waals surface area contributed by atoms with Crippen molar-refractivity contribution < 1.29 is 4.39 Å². The van der Waals surface area contributed by atoms with Gasteiger partial charge in [-0.25, -0.2) is 4.39 Å². The first kappa shape index (κ1) is 14.0. The van der Waals surface area contributed by atoms with Gasteiger partial charge in [-0.3, -0.25) is 10.3 Å². The maximum Gasteiger partial charge on any atom is 0.124 e. The number of halogens is 1. The van der Waals surface area contributed by atoms with Gasteiger partial charge in [-0.05, 0) is 43.1 Å². The molecule has 1 aliphatic carbocycles. The molecule has 19 heavy (non-hydrogen) atoms. The minimum Gasteiger partial charge on any atom is -0.384 e. The second-order valence-corrected chi connectivity index (χ2v) is 5.26. The molecule has 0 radical (unpaired) electrons. The van der Waals surface area contributed by atoms with Crippen molar-refractivity contribution in [1.29, 1.82) is 5.41 Å². The molecule has 3 nitrogen and oxygen atoms in total. The average Bonchev–Trinajstić information content (AvgIpc) is 2.89. The Bertz CT molecular complexity index is 453. The van der Waals surface area contributed by atoms with Crippen molar-refractivity contribution in [3.05, 3.63) is 35.1 Å². The fourth-order valence-electron chi connectivity index (χ4n) is 2.90. The van der Waals surface area contributed by atoms with Crippen LogP contribution in [0.1, 0.15) is 43.7 Å². The van der Waals surface area contributed by atoms with E-state index in [1.54, 1.807) is 6.07 Å². The Kier molecular flexibility index (Phi) is 4.53. The number of nitrogens with one attached hydrogen (secondary N) is 1. The van der Waals surface area contributed by atoms with Gasteiger partial charge < -0.3 is 5.73 Å². The quantitative estimate of drug-likeness (QED) is 0.634. The third-order valence-electron chi connectivity index (χ3n) is 3.90. The van der Waals surface area contributed by atoms with E-state index in [4.69, 9.17) is 11.1 Å². The lowest BCUT2D eigenvalue weighted by atomic mass is 10.1. The van der Waals surface area contributed by atoms with Crippen molar-refractivity contribution in [2.45, 2.75) is 45.2 Å². The molecular weight excluding hydrogens is 241 g/mol. The van der Waals surface area contributed by atoms with Gasteiger partial charge in [-0.15, -0.1) is 0 Å². The normalized spacial score (nSPS) is 16.2. The van der Waals surface area contributed by atoms with Crippen LogP contribution in [0.2, 0.25) is 0 Å². The number of nitrogens with zero attached hydrogens (tertiary/aromatic N) is 1. The number of benzene rings is 1. The maximum atomic E-state index is 13.5. The van der Waals surface area contributed by atoms with Gasteiger partial charge in [0.15, 0.2) is 0 Å². The van der Waals surface area contributed by atoms with E-state index in [1.165, 1.54) is 31.7 Å². The Balaban J connectivity index is 2.14. The molecule has 0 spiro atoms. The Hall–Kier alpha value is -1.42. The molecule has 0 aromatic heterocycles. The zero-order valence-corrected chi connectivity index (χ0v) is 11.5. The van der Waals surface area contributed by atoms with Crippen LogP contribution < -0.4 is 5.73 Å². The van der Waals surface area contributed by atoms with Crippen molar-refractivity contribution in [3.63, 3.8) is 0 Å². The summed E-state index contributed by atoms with van der Waals surface area (Å²) in [5.74, 6) is -0.394. The van der Waals surface area contributed by atoms with Crippen LogP contribution in [-0.4, -0.2) is 23.3 Å². The van der Waals surface area contributed by atoms with E-state index in [1.807, 2.05) is 6.07 Å². The summed E-state index contributed by atoms with van der Waals surface area (Å²) in [6.07, 6.45) is 5.07. The van der Waals surface area contributed by atoms with Crippen molar-refractivity contribution in [2.24, 2.45) is 5.73 Å². The molecule has 104 valence electrons. The zero-order chi connectivity index (χ0) is 13.8. The maximum absolute atomic E-state index is 13.5. The first-order chi connectivity index (χ1) is 9.10. The molecule has 1 aliphatic rings. The van der Waals surface area contributed by atoms with Crippen LogP contribution in [0.3, 0.4) is 0 Å². The van der Waals surface area contributed by atoms with Crippen molar-refractivity contribution >= 4 is 5.84 Å². The highest BCUT2D eigenvalue weighted by molar-refractivity contribution is 5.95. The lowest BCUT2D eigenvalue weighted by Crippen LogP contribution is -2.32. The summed E-state index contributed by atoms with van der Waals surface area (Å²) in [4.78, 5) is 2.39. The fraction of sp³-hybridized carbons (Fsp3) is 0.533. The molecule has 0 bridgehead atoms. The number of rotatable bonds is 5. The standard InChI is InChI=1S/C15H22FN3/c1-2-19(14-5-3-4-6-14)10-11-7-12(15(17)18)9-13(16)8-11/h7-9,14H,2-6,10H2,1H3,(H3,17,18). The molecule has 0 saturated heterocycles. The molecular formula is C15H22FN3. The molecule has 0 unspecified atom stereocenters. The zero-order valence-electron chi connectivity index (χ0n) is 11.5. The largest absolute Gasteiger partial charge is 0.384 e. The highest BCUT2D eigenvalue weighted by Gasteiger charge is 2.21. The van der Waals surface area contributed by atoms with E-state index < -0.39 is 0 Å². The minimum absolute atomic E-state index is 0.0790. The summed E-state index contributed by atoms with van der Waals surface area (Å²) in [5.41, 5.74) is 6.81. The predicted molar refractivity (Wildman–Crippen MR) is 75.8 cm³/mol. The molecule has 1 saturated carbocycles. The van der Waals surface area contributed by atoms with E-state index >= 15 is 0 Å². The molecule has 0 amide bonds. The lowest BCUT2D eigenvalue weighted by molar-refractivity contribution is 0.200. The van der Waals surface area contributed by atoms with Crippen molar-refractivity contribution in [1.82, 2.24) is 4.90 Å². The molecule has 1 fully saturated rings. The van der Waals surface area contributed by atoms with E-state index in [9.17, 15) is 4.39 Å². The summed E-state index contributed by atoms with van der Waals surface area (Å²) in [5, 5.41) is 7.42. The highest BCUT2D eigenvalue weighted by Crippen LogP contribution is 2.25. The van der Waals surface area contributed by atoms with Crippen LogP contribution in [0.15, 0.2) is 18.2 Å². The minimum atomic E-state index is -0.315. The fourth-order valence-corrected chi connectivity index (χ4v) is 2.90. The number of amidine groups is 1. The number of nitrogen functional groups attached to an aromatic ring is 1. The second kappa shape index (κ2) is 6.15. The summed E-state index contributed by atoms with van der Waals surface area (Å²) < 4.78 is 13.5. The second-order valence-electron chi connectivity index (χ2n) is 5.26. The monoisotopic (exact) mass is 263 g/mol. The summed E-state index contributed by atoms with van der Waals surface area (Å²) in [6.45, 7) is 3.85. The Labute approximate surface area is 114 Å². The molecule has 1 aromatic rings. The van der Waals surface area contributed by atoms with Crippen LogP contribution in [0.25, 0.3) is 0 Å². The average molecular weight is 263 g/mol. The number of hydrogen-bond donors (Lipinski definition) is 2. The van der Waals surface area contributed by atoms with Gasteiger partial charge in [0.05, 0.1) is 0 Å². The van der Waals surface area contributed by atoms with Crippen molar-refractivity contribution in [3.8, 4) is 0 Å². The Morgan fingerprint density at radius 1 is 1.37 bits per heavy atom. The summed E-state index contributed by atoms with van der Waals surface area (Å²) in [7, 11) is 0. The van der Waals surface area contributed by atoms with Gasteiger partial charge in [0.25, 0.3) is 0 Å². The van der Waals surface area contributed by atoms with Crippen LogP contribution in [0.5, 0.6) is 0 Å². The topological polar surface area (TPSA) is 53.1 Å². The molecule has 1 aromatic carbocycles. The predicted octanol–water partition coefficient (Wildman–Crippen LogP) is 2.87. The van der Waals surface area contributed by atoms with Gasteiger partial charge in [0, 0.05) is 18.2 Å². The Morgan fingerprint density at radius 2 is 2.05 bits per heavy atom. The van der Waals surface area contributed by atoms with Gasteiger partial charge in [0.2, 0.25) is 0 Å². The molecule has 0 aliphatic heterocycles. The summed E-state index contributed by atoms with van der Waals surface area (Å²) >= 11 is 0.